The Bertz CT molecular complexity index is 260. The van der Waals surface area contributed by atoms with Gasteiger partial charge in [0.1, 0.15) is 5.38 Å². The maximum atomic E-state index is 10.6. The lowest BCUT2D eigenvalue weighted by Gasteiger charge is -2.03. The van der Waals surface area contributed by atoms with E-state index in [0.29, 0.717) is 6.42 Å². The Morgan fingerprint density at radius 2 is 2.00 bits per heavy atom. The lowest BCUT2D eigenvalue weighted by atomic mass is 10.1. The zero-order chi connectivity index (χ0) is 8.97. The summed E-state index contributed by atoms with van der Waals surface area (Å²) in [6, 6.07) is 9.55. The minimum Gasteiger partial charge on any atom is -0.368 e. The number of hydrogen-bond acceptors (Lipinski definition) is 1. The fraction of sp³-hybridized carbons (Fsp3) is 0.222. The van der Waals surface area contributed by atoms with Gasteiger partial charge in [0.25, 0.3) is 0 Å². The van der Waals surface area contributed by atoms with Crippen molar-refractivity contribution in [1.29, 1.82) is 0 Å². The second kappa shape index (κ2) is 4.12. The fourth-order valence-corrected chi connectivity index (χ4v) is 1.10. The summed E-state index contributed by atoms with van der Waals surface area (Å²) < 4.78 is 0. The predicted molar refractivity (Wildman–Crippen MR) is 49.0 cm³/mol. The van der Waals surface area contributed by atoms with E-state index in [2.05, 4.69) is 0 Å². The van der Waals surface area contributed by atoms with Gasteiger partial charge in [0, 0.05) is 0 Å². The Morgan fingerprint density at radius 1 is 1.42 bits per heavy atom. The van der Waals surface area contributed by atoms with Gasteiger partial charge in [0.15, 0.2) is 0 Å². The molecule has 1 aromatic rings. The Morgan fingerprint density at radius 3 is 2.50 bits per heavy atom. The highest BCUT2D eigenvalue weighted by atomic mass is 35.5. The van der Waals surface area contributed by atoms with E-state index in [9.17, 15) is 4.79 Å². The van der Waals surface area contributed by atoms with Crippen molar-refractivity contribution in [3.05, 3.63) is 35.9 Å². The van der Waals surface area contributed by atoms with E-state index >= 15 is 0 Å². The maximum Gasteiger partial charge on any atom is 0.235 e. The van der Waals surface area contributed by atoms with Crippen molar-refractivity contribution in [2.24, 2.45) is 5.73 Å². The van der Waals surface area contributed by atoms with Crippen LogP contribution >= 0.6 is 11.6 Å². The highest BCUT2D eigenvalue weighted by molar-refractivity contribution is 6.30. The Kier molecular flexibility index (Phi) is 3.11. The van der Waals surface area contributed by atoms with E-state index in [1.54, 1.807) is 0 Å². The summed E-state index contributed by atoms with van der Waals surface area (Å²) in [6.45, 7) is 0. The van der Waals surface area contributed by atoms with E-state index in [1.807, 2.05) is 30.3 Å². The van der Waals surface area contributed by atoms with E-state index in [0.717, 1.165) is 5.56 Å². The third-order valence-corrected chi connectivity index (χ3v) is 1.94. The highest BCUT2D eigenvalue weighted by Crippen LogP contribution is 2.06. The van der Waals surface area contributed by atoms with Gasteiger partial charge in [-0.15, -0.1) is 11.6 Å². The van der Waals surface area contributed by atoms with Crippen molar-refractivity contribution in [1.82, 2.24) is 0 Å². The van der Waals surface area contributed by atoms with Crippen molar-refractivity contribution in [3.63, 3.8) is 0 Å². The normalized spacial score (nSPS) is 12.4. The van der Waals surface area contributed by atoms with Crippen LogP contribution < -0.4 is 5.73 Å². The van der Waals surface area contributed by atoms with Crippen LogP contribution in [0.5, 0.6) is 0 Å². The summed E-state index contributed by atoms with van der Waals surface area (Å²) in [7, 11) is 0. The molecule has 0 aliphatic rings. The molecule has 2 nitrogen and oxygen atoms in total. The van der Waals surface area contributed by atoms with E-state index in [-0.39, 0.29) is 0 Å². The molecule has 0 saturated carbocycles. The van der Waals surface area contributed by atoms with Crippen molar-refractivity contribution in [3.8, 4) is 0 Å². The van der Waals surface area contributed by atoms with E-state index in [1.165, 1.54) is 0 Å². The fourth-order valence-electron chi connectivity index (χ4n) is 0.922. The van der Waals surface area contributed by atoms with Crippen LogP contribution in [0.3, 0.4) is 0 Å². The first-order chi connectivity index (χ1) is 5.70. The second-order valence-corrected chi connectivity index (χ2v) is 3.09. The average Bonchev–Trinajstić information content (AvgIpc) is 2.06. The molecule has 12 heavy (non-hydrogen) atoms. The number of rotatable bonds is 3. The first kappa shape index (κ1) is 9.07. The molecular formula is C9H10ClNO. The van der Waals surface area contributed by atoms with Crippen LogP contribution in [0.1, 0.15) is 5.56 Å². The molecule has 0 aromatic heterocycles. The molecule has 0 radical (unpaired) electrons. The number of amides is 1. The molecule has 0 saturated heterocycles. The predicted octanol–water partition coefficient (Wildman–Crippen LogP) is 1.32. The lowest BCUT2D eigenvalue weighted by molar-refractivity contribution is -0.117. The van der Waals surface area contributed by atoms with Gasteiger partial charge in [-0.3, -0.25) is 4.79 Å². The molecule has 0 spiro atoms. The molecule has 1 rings (SSSR count). The molecule has 0 heterocycles. The van der Waals surface area contributed by atoms with Crippen LogP contribution in [0.4, 0.5) is 0 Å². The van der Waals surface area contributed by atoms with Gasteiger partial charge in [0.2, 0.25) is 5.91 Å². The van der Waals surface area contributed by atoms with Crippen molar-refractivity contribution < 1.29 is 4.79 Å². The molecule has 0 aliphatic heterocycles. The standard InChI is InChI=1S/C9H10ClNO/c10-8(9(11)12)6-7-4-2-1-3-5-7/h1-5,8H,6H2,(H2,11,12)/t8-/m0/s1. The van der Waals surface area contributed by atoms with Crippen LogP contribution in [0.25, 0.3) is 0 Å². The van der Waals surface area contributed by atoms with Crippen LogP contribution in [0.15, 0.2) is 30.3 Å². The zero-order valence-corrected chi connectivity index (χ0v) is 7.29. The monoisotopic (exact) mass is 183 g/mol. The molecule has 64 valence electrons. The van der Waals surface area contributed by atoms with Gasteiger partial charge in [-0.25, -0.2) is 0 Å². The summed E-state index contributed by atoms with van der Waals surface area (Å²) in [6.07, 6.45) is 0.498. The first-order valence-electron chi connectivity index (χ1n) is 3.67. The van der Waals surface area contributed by atoms with Gasteiger partial charge < -0.3 is 5.73 Å². The Hall–Kier alpha value is -1.02. The molecule has 1 atom stereocenters. The molecule has 0 bridgehead atoms. The van der Waals surface area contributed by atoms with Crippen molar-refractivity contribution >= 4 is 17.5 Å². The summed E-state index contributed by atoms with van der Waals surface area (Å²) in [5, 5.41) is -0.604. The average molecular weight is 184 g/mol. The van der Waals surface area contributed by atoms with Crippen LogP contribution in [0, 0.1) is 0 Å². The third kappa shape index (κ3) is 2.55. The minimum absolute atomic E-state index is 0.472. The Labute approximate surface area is 76.3 Å². The van der Waals surface area contributed by atoms with E-state index in [4.69, 9.17) is 17.3 Å². The van der Waals surface area contributed by atoms with E-state index < -0.39 is 11.3 Å². The van der Waals surface area contributed by atoms with Gasteiger partial charge >= 0.3 is 0 Å². The molecule has 0 aliphatic carbocycles. The second-order valence-electron chi connectivity index (χ2n) is 2.56. The van der Waals surface area contributed by atoms with Crippen molar-refractivity contribution in [2.45, 2.75) is 11.8 Å². The van der Waals surface area contributed by atoms with Crippen LogP contribution in [-0.2, 0) is 11.2 Å². The molecule has 3 heteroatoms. The maximum absolute atomic E-state index is 10.6. The molecule has 1 aromatic carbocycles. The number of alkyl halides is 1. The highest BCUT2D eigenvalue weighted by Gasteiger charge is 2.10. The van der Waals surface area contributed by atoms with Gasteiger partial charge in [0.05, 0.1) is 0 Å². The molecule has 0 unspecified atom stereocenters. The summed E-state index contributed by atoms with van der Waals surface area (Å²) >= 11 is 5.68. The number of carbonyl (C=O) groups excluding carboxylic acids is 1. The zero-order valence-electron chi connectivity index (χ0n) is 6.53. The number of nitrogens with two attached hydrogens (primary N) is 1. The van der Waals surface area contributed by atoms with Crippen LogP contribution in [0.2, 0.25) is 0 Å². The summed E-state index contributed by atoms with van der Waals surface area (Å²) in [5.74, 6) is -0.472. The largest absolute Gasteiger partial charge is 0.368 e. The lowest BCUT2D eigenvalue weighted by Crippen LogP contribution is -2.25. The number of primary amides is 1. The summed E-state index contributed by atoms with van der Waals surface area (Å²) in [4.78, 5) is 10.6. The van der Waals surface area contributed by atoms with Crippen LogP contribution in [-0.4, -0.2) is 11.3 Å². The quantitative estimate of drug-likeness (QED) is 0.706. The number of carbonyl (C=O) groups is 1. The topological polar surface area (TPSA) is 43.1 Å². The molecular weight excluding hydrogens is 174 g/mol. The van der Waals surface area contributed by atoms with Gasteiger partial charge in [-0.05, 0) is 12.0 Å². The number of benzene rings is 1. The molecule has 1 amide bonds. The van der Waals surface area contributed by atoms with Gasteiger partial charge in [-0.1, -0.05) is 30.3 Å². The van der Waals surface area contributed by atoms with Crippen molar-refractivity contribution in [2.75, 3.05) is 0 Å². The number of hydrogen-bond donors (Lipinski definition) is 1. The molecule has 0 fully saturated rings. The smallest absolute Gasteiger partial charge is 0.235 e. The number of halogens is 1. The summed E-state index contributed by atoms with van der Waals surface area (Å²) in [5.41, 5.74) is 6.04. The Balaban J connectivity index is 2.58. The van der Waals surface area contributed by atoms with Gasteiger partial charge in [-0.2, -0.15) is 0 Å². The third-order valence-electron chi connectivity index (χ3n) is 1.57. The molecule has 2 N–H and O–H groups in total. The SMILES string of the molecule is NC(=O)[C@@H](Cl)Cc1ccccc1. The minimum atomic E-state index is -0.604. The first-order valence-corrected chi connectivity index (χ1v) is 4.11.